The van der Waals surface area contributed by atoms with Crippen LogP contribution in [0.3, 0.4) is 0 Å². The molecule has 0 spiro atoms. The first-order chi connectivity index (χ1) is 14.5. The number of rotatable bonds is 8. The Labute approximate surface area is 185 Å². The number of hydrogen-bond acceptors (Lipinski definition) is 7. The first-order valence-corrected chi connectivity index (χ1v) is 11.3. The van der Waals surface area contributed by atoms with Crippen molar-refractivity contribution < 1.29 is 4.79 Å². The van der Waals surface area contributed by atoms with Gasteiger partial charge in [0.1, 0.15) is 0 Å². The lowest BCUT2D eigenvalue weighted by Gasteiger charge is -2.24. The van der Waals surface area contributed by atoms with Gasteiger partial charge in [0, 0.05) is 17.9 Å². The number of carbonyl (C=O) groups is 1. The van der Waals surface area contributed by atoms with E-state index in [4.69, 9.17) is 5.26 Å². The number of carbonyl (C=O) groups excluding carboxylic acids is 1. The van der Waals surface area contributed by atoms with Crippen LogP contribution in [0.5, 0.6) is 0 Å². The van der Waals surface area contributed by atoms with Crippen LogP contribution in [0.4, 0.5) is 16.5 Å². The molecule has 1 unspecified atom stereocenters. The average molecular weight is 438 g/mol. The Balaban J connectivity index is 1.67. The number of thioether (sulfide) groups is 1. The Bertz CT molecular complexity index is 1050. The first-order valence-electron chi connectivity index (χ1n) is 9.55. The highest BCUT2D eigenvalue weighted by atomic mass is 32.2. The number of nitriles is 1. The molecular formula is C22H23N5OS2. The summed E-state index contributed by atoms with van der Waals surface area (Å²) in [7, 11) is 0. The Morgan fingerprint density at radius 3 is 2.67 bits per heavy atom. The van der Waals surface area contributed by atoms with Crippen LogP contribution in [0, 0.1) is 25.2 Å². The second-order valence-corrected chi connectivity index (χ2v) is 9.36. The molecule has 0 radical (unpaired) electrons. The van der Waals surface area contributed by atoms with E-state index in [2.05, 4.69) is 47.6 Å². The van der Waals surface area contributed by atoms with Gasteiger partial charge in [-0.05, 0) is 56.2 Å². The van der Waals surface area contributed by atoms with E-state index in [1.165, 1.54) is 34.2 Å². The highest BCUT2D eigenvalue weighted by molar-refractivity contribution is 8.02. The van der Waals surface area contributed by atoms with Crippen LogP contribution in [0.1, 0.15) is 24.5 Å². The van der Waals surface area contributed by atoms with Gasteiger partial charge in [0.05, 0.1) is 17.7 Å². The van der Waals surface area contributed by atoms with E-state index in [9.17, 15) is 4.79 Å². The van der Waals surface area contributed by atoms with Crippen LogP contribution in [-0.2, 0) is 4.79 Å². The summed E-state index contributed by atoms with van der Waals surface area (Å²) in [5, 5.41) is 21.0. The average Bonchev–Trinajstić information content (AvgIpc) is 3.18. The predicted octanol–water partition coefficient (Wildman–Crippen LogP) is 5.33. The summed E-state index contributed by atoms with van der Waals surface area (Å²) >= 11 is 2.79. The van der Waals surface area contributed by atoms with E-state index < -0.39 is 0 Å². The van der Waals surface area contributed by atoms with E-state index >= 15 is 0 Å². The third kappa shape index (κ3) is 5.59. The second-order valence-electron chi connectivity index (χ2n) is 6.79. The smallest absolute Gasteiger partial charge is 0.240 e. The number of nitrogens with zero attached hydrogens (tertiary/aromatic N) is 4. The highest BCUT2D eigenvalue weighted by Gasteiger charge is 2.24. The van der Waals surface area contributed by atoms with Gasteiger partial charge in [-0.15, -0.1) is 10.2 Å². The van der Waals surface area contributed by atoms with E-state index in [-0.39, 0.29) is 17.6 Å². The number of aryl methyl sites for hydroxylation is 2. The Hall–Kier alpha value is -2.89. The fraction of sp³-hybridized carbons (Fsp3) is 0.273. The maximum absolute atomic E-state index is 13.1. The number of nitrogens with one attached hydrogen (secondary N) is 1. The van der Waals surface area contributed by atoms with E-state index in [0.717, 1.165) is 15.7 Å². The molecule has 0 saturated heterocycles. The zero-order valence-electron chi connectivity index (χ0n) is 17.1. The van der Waals surface area contributed by atoms with Crippen molar-refractivity contribution in [1.29, 1.82) is 5.26 Å². The van der Waals surface area contributed by atoms with Crippen LogP contribution in [0.15, 0.2) is 52.9 Å². The maximum Gasteiger partial charge on any atom is 0.240 e. The molecule has 8 heteroatoms. The molecule has 154 valence electrons. The number of hydrogen-bond donors (Lipinski definition) is 1. The summed E-state index contributed by atoms with van der Waals surface area (Å²) in [6.45, 7) is 6.36. The summed E-state index contributed by atoms with van der Waals surface area (Å²) in [6.07, 6.45) is 0.279. The summed E-state index contributed by atoms with van der Waals surface area (Å²) < 4.78 is 0.718. The molecule has 1 atom stereocenters. The van der Waals surface area contributed by atoms with E-state index in [1.54, 1.807) is 4.90 Å². The van der Waals surface area contributed by atoms with Gasteiger partial charge in [0.25, 0.3) is 0 Å². The molecular weight excluding hydrogens is 414 g/mol. The van der Waals surface area contributed by atoms with Gasteiger partial charge in [0.2, 0.25) is 11.0 Å². The van der Waals surface area contributed by atoms with Crippen molar-refractivity contribution in [2.75, 3.05) is 16.8 Å². The van der Waals surface area contributed by atoms with Crippen LogP contribution in [0.25, 0.3) is 0 Å². The molecule has 1 N–H and O–H groups in total. The van der Waals surface area contributed by atoms with Crippen molar-refractivity contribution in [1.82, 2.24) is 10.2 Å². The monoisotopic (exact) mass is 437 g/mol. The van der Waals surface area contributed by atoms with Crippen LogP contribution in [-0.4, -0.2) is 27.9 Å². The molecule has 3 rings (SSSR count). The summed E-state index contributed by atoms with van der Waals surface area (Å²) in [6, 6.07) is 17.7. The minimum Gasteiger partial charge on any atom is -0.330 e. The Morgan fingerprint density at radius 2 is 1.97 bits per heavy atom. The third-order valence-corrected chi connectivity index (χ3v) is 6.58. The fourth-order valence-electron chi connectivity index (χ4n) is 2.81. The maximum atomic E-state index is 13.1. The molecule has 0 aliphatic carbocycles. The zero-order chi connectivity index (χ0) is 21.5. The van der Waals surface area contributed by atoms with Crippen LogP contribution < -0.4 is 10.2 Å². The van der Waals surface area contributed by atoms with Gasteiger partial charge in [-0.2, -0.15) is 5.26 Å². The quantitative estimate of drug-likeness (QED) is 0.480. The molecule has 6 nitrogen and oxygen atoms in total. The predicted molar refractivity (Wildman–Crippen MR) is 123 cm³/mol. The normalized spacial score (nSPS) is 11.5. The minimum absolute atomic E-state index is 0.0553. The third-order valence-electron chi connectivity index (χ3n) is 4.57. The molecule has 2 aromatic carbocycles. The summed E-state index contributed by atoms with van der Waals surface area (Å²) in [5.41, 5.74) is 4.19. The number of para-hydroxylation sites is 1. The van der Waals surface area contributed by atoms with Gasteiger partial charge in [-0.25, -0.2) is 0 Å². The van der Waals surface area contributed by atoms with Crippen molar-refractivity contribution in [3.8, 4) is 6.07 Å². The van der Waals surface area contributed by atoms with Crippen molar-refractivity contribution in [3.05, 3.63) is 59.7 Å². The number of aromatic nitrogens is 2. The summed E-state index contributed by atoms with van der Waals surface area (Å²) in [4.78, 5) is 14.7. The summed E-state index contributed by atoms with van der Waals surface area (Å²) in [5.74, 6) is -0.0553. The molecule has 1 heterocycles. The number of benzene rings is 2. The zero-order valence-corrected chi connectivity index (χ0v) is 18.8. The number of amides is 1. The van der Waals surface area contributed by atoms with Gasteiger partial charge in [-0.1, -0.05) is 47.4 Å². The molecule has 0 aliphatic heterocycles. The molecule has 0 saturated carbocycles. The standard InChI is InChI=1S/C22H23N5OS2/c1-15-10-11-18(14-16(15)2)24-21-25-26-22(30-21)29-17(3)20(28)27(13-7-12-23)19-8-5-4-6-9-19/h4-6,8-11,14,17H,7,13H2,1-3H3,(H,24,25). The molecule has 3 aromatic rings. The van der Waals surface area contributed by atoms with Crippen molar-refractivity contribution in [2.24, 2.45) is 0 Å². The fourth-order valence-corrected chi connectivity index (χ4v) is 4.79. The molecule has 0 fully saturated rings. The van der Waals surface area contributed by atoms with Gasteiger partial charge < -0.3 is 10.2 Å². The second kappa shape index (κ2) is 10.2. The lowest BCUT2D eigenvalue weighted by Crippen LogP contribution is -2.37. The molecule has 1 amide bonds. The number of anilines is 3. The molecule has 0 aliphatic rings. The molecule has 30 heavy (non-hydrogen) atoms. The first kappa shape index (κ1) is 21.8. The molecule has 1 aromatic heterocycles. The lowest BCUT2D eigenvalue weighted by atomic mass is 10.1. The van der Waals surface area contributed by atoms with Crippen LogP contribution >= 0.6 is 23.1 Å². The highest BCUT2D eigenvalue weighted by Crippen LogP contribution is 2.32. The minimum atomic E-state index is -0.355. The van der Waals surface area contributed by atoms with Crippen molar-refractivity contribution in [3.63, 3.8) is 0 Å². The SMILES string of the molecule is Cc1ccc(Nc2nnc(SC(C)C(=O)N(CCC#N)c3ccccc3)s2)cc1C. The topological polar surface area (TPSA) is 81.9 Å². The molecule has 0 bridgehead atoms. The Morgan fingerprint density at radius 1 is 1.20 bits per heavy atom. The van der Waals surface area contributed by atoms with Crippen molar-refractivity contribution >= 4 is 45.5 Å². The largest absolute Gasteiger partial charge is 0.330 e. The lowest BCUT2D eigenvalue weighted by molar-refractivity contribution is -0.117. The van der Waals surface area contributed by atoms with Crippen molar-refractivity contribution in [2.45, 2.75) is 36.8 Å². The Kier molecular flexibility index (Phi) is 7.44. The van der Waals surface area contributed by atoms with Gasteiger partial charge in [-0.3, -0.25) is 4.79 Å². The van der Waals surface area contributed by atoms with E-state index in [1.807, 2.05) is 43.3 Å². The van der Waals surface area contributed by atoms with Gasteiger partial charge >= 0.3 is 0 Å². The van der Waals surface area contributed by atoms with Gasteiger partial charge in [0.15, 0.2) is 4.34 Å². The van der Waals surface area contributed by atoms with Crippen LogP contribution in [0.2, 0.25) is 0 Å². The van der Waals surface area contributed by atoms with E-state index in [0.29, 0.717) is 11.7 Å².